The number of halogens is 5. The maximum absolute atomic E-state index is 13.5. The van der Waals surface area contributed by atoms with Crippen molar-refractivity contribution in [1.29, 1.82) is 0 Å². The molecule has 0 saturated carbocycles. The number of amides is 2. The summed E-state index contributed by atoms with van der Waals surface area (Å²) < 4.78 is 50.7. The Bertz CT molecular complexity index is 949. The summed E-state index contributed by atoms with van der Waals surface area (Å²) in [4.78, 5) is 22.8. The van der Waals surface area contributed by atoms with Crippen molar-refractivity contribution < 1.29 is 27.4 Å². The SMILES string of the molecule is COc1cc(OC)c(Cl)c(NC(=O)N(C)c2cc(N(CN(C)C)C(F)(F)F)ncn2)c1Cl. The smallest absolute Gasteiger partial charge is 0.487 e. The largest absolute Gasteiger partial charge is 0.495 e. The molecule has 32 heavy (non-hydrogen) atoms. The number of hydrogen-bond acceptors (Lipinski definition) is 7. The number of alkyl halides is 3. The number of carbonyl (C=O) groups excluding carboxylic acids is 1. The Labute approximate surface area is 192 Å². The molecule has 0 aliphatic carbocycles. The fraction of sp³-hybridized carbons (Fsp3) is 0.389. The van der Waals surface area contributed by atoms with Gasteiger partial charge in [-0.15, -0.1) is 13.2 Å². The van der Waals surface area contributed by atoms with Crippen molar-refractivity contribution in [3.05, 3.63) is 28.5 Å². The number of carbonyl (C=O) groups is 1. The normalized spacial score (nSPS) is 11.3. The first-order chi connectivity index (χ1) is 14.9. The predicted molar refractivity (Wildman–Crippen MR) is 116 cm³/mol. The monoisotopic (exact) mass is 496 g/mol. The summed E-state index contributed by atoms with van der Waals surface area (Å²) in [6.07, 6.45) is -3.77. The highest BCUT2D eigenvalue weighted by molar-refractivity contribution is 6.41. The Morgan fingerprint density at radius 2 is 1.56 bits per heavy atom. The minimum atomic E-state index is -4.70. The van der Waals surface area contributed by atoms with E-state index < -0.39 is 24.8 Å². The van der Waals surface area contributed by atoms with Crippen LogP contribution in [-0.2, 0) is 0 Å². The van der Waals surface area contributed by atoms with E-state index in [4.69, 9.17) is 32.7 Å². The van der Waals surface area contributed by atoms with E-state index in [1.807, 2.05) is 0 Å². The molecule has 0 fully saturated rings. The minimum absolute atomic E-state index is 0.000175. The highest BCUT2D eigenvalue weighted by Crippen LogP contribution is 2.44. The average Bonchev–Trinajstić information content (AvgIpc) is 2.73. The topological polar surface area (TPSA) is 83.1 Å². The quantitative estimate of drug-likeness (QED) is 0.451. The summed E-state index contributed by atoms with van der Waals surface area (Å²) in [6, 6.07) is 1.70. The van der Waals surface area contributed by atoms with Gasteiger partial charge >= 0.3 is 12.3 Å². The Morgan fingerprint density at radius 3 is 2.03 bits per heavy atom. The van der Waals surface area contributed by atoms with Gasteiger partial charge in [-0.2, -0.15) is 0 Å². The molecule has 176 valence electrons. The lowest BCUT2D eigenvalue weighted by Crippen LogP contribution is -2.44. The molecule has 1 aromatic carbocycles. The van der Waals surface area contributed by atoms with Gasteiger partial charge in [-0.25, -0.2) is 14.8 Å². The van der Waals surface area contributed by atoms with Gasteiger partial charge < -0.3 is 14.8 Å². The molecule has 0 unspecified atom stereocenters. The number of nitrogens with zero attached hydrogens (tertiary/aromatic N) is 5. The molecule has 0 aliphatic heterocycles. The van der Waals surface area contributed by atoms with E-state index in [-0.39, 0.29) is 37.9 Å². The first kappa shape index (κ1) is 25.6. The lowest BCUT2D eigenvalue weighted by atomic mass is 10.2. The number of benzene rings is 1. The van der Waals surface area contributed by atoms with Crippen LogP contribution in [0.1, 0.15) is 0 Å². The second kappa shape index (κ2) is 10.3. The molecule has 1 heterocycles. The van der Waals surface area contributed by atoms with Crippen LogP contribution in [0.4, 0.5) is 35.3 Å². The first-order valence-corrected chi connectivity index (χ1v) is 9.62. The summed E-state index contributed by atoms with van der Waals surface area (Å²) >= 11 is 12.5. The van der Waals surface area contributed by atoms with E-state index in [9.17, 15) is 18.0 Å². The number of aromatic nitrogens is 2. The number of urea groups is 1. The van der Waals surface area contributed by atoms with Gasteiger partial charge in [-0.3, -0.25) is 14.7 Å². The third-order valence-electron chi connectivity index (χ3n) is 4.10. The van der Waals surface area contributed by atoms with Crippen molar-refractivity contribution in [3.8, 4) is 11.5 Å². The maximum Gasteiger partial charge on any atom is 0.487 e. The van der Waals surface area contributed by atoms with Gasteiger partial charge in [0.05, 0.1) is 26.6 Å². The molecular formula is C18H21Cl2F3N6O3. The Kier molecular flexibility index (Phi) is 8.21. The van der Waals surface area contributed by atoms with Gasteiger partial charge in [0, 0.05) is 19.2 Å². The fourth-order valence-electron chi connectivity index (χ4n) is 2.52. The van der Waals surface area contributed by atoms with Crippen LogP contribution in [0.25, 0.3) is 0 Å². The molecule has 0 atom stereocenters. The van der Waals surface area contributed by atoms with E-state index in [1.165, 1.54) is 46.3 Å². The first-order valence-electron chi connectivity index (χ1n) is 8.86. The summed E-state index contributed by atoms with van der Waals surface area (Å²) in [7, 11) is 7.01. The molecule has 0 radical (unpaired) electrons. The fourth-order valence-corrected chi connectivity index (χ4v) is 3.12. The molecule has 0 bridgehead atoms. The Hall–Kier alpha value is -2.70. The minimum Gasteiger partial charge on any atom is -0.495 e. The van der Waals surface area contributed by atoms with Gasteiger partial charge in [0.2, 0.25) is 0 Å². The van der Waals surface area contributed by atoms with Crippen molar-refractivity contribution in [2.24, 2.45) is 0 Å². The van der Waals surface area contributed by atoms with Crippen molar-refractivity contribution in [2.45, 2.75) is 6.30 Å². The standard InChI is InChI=1S/C18H21Cl2F3N6O3/c1-27(2)9-29(18(21,22)23)13-7-12(24-8-25-13)28(3)17(30)26-16-14(19)10(31-4)6-11(32-5)15(16)20/h6-8H,9H2,1-5H3,(H,26,30). The molecule has 2 amide bonds. The van der Waals surface area contributed by atoms with Crippen LogP contribution in [0.15, 0.2) is 18.5 Å². The van der Waals surface area contributed by atoms with Crippen molar-refractivity contribution in [1.82, 2.24) is 14.9 Å². The molecule has 14 heteroatoms. The summed E-state index contributed by atoms with van der Waals surface area (Å²) in [5.74, 6) is -0.142. The predicted octanol–water partition coefficient (Wildman–Crippen LogP) is 4.31. The molecule has 1 N–H and O–H groups in total. The lowest BCUT2D eigenvalue weighted by Gasteiger charge is -2.29. The van der Waals surface area contributed by atoms with E-state index >= 15 is 0 Å². The van der Waals surface area contributed by atoms with Crippen LogP contribution >= 0.6 is 23.2 Å². The highest BCUT2D eigenvalue weighted by Gasteiger charge is 2.39. The molecule has 9 nitrogen and oxygen atoms in total. The second-order valence-corrected chi connectivity index (χ2v) is 7.38. The van der Waals surface area contributed by atoms with Crippen molar-refractivity contribution in [2.75, 3.05) is 57.1 Å². The van der Waals surface area contributed by atoms with Crippen molar-refractivity contribution >= 4 is 46.6 Å². The van der Waals surface area contributed by atoms with Crippen molar-refractivity contribution in [3.63, 3.8) is 0 Å². The number of ether oxygens (including phenoxy) is 2. The summed E-state index contributed by atoms with van der Waals surface area (Å²) in [6.45, 7) is -0.481. The van der Waals surface area contributed by atoms with Gasteiger partial charge in [0.15, 0.2) is 0 Å². The Balaban J connectivity index is 2.36. The molecule has 0 aliphatic rings. The van der Waals surface area contributed by atoms with Gasteiger partial charge in [0.25, 0.3) is 0 Å². The molecule has 2 aromatic rings. The van der Waals surface area contributed by atoms with E-state index in [0.717, 1.165) is 17.3 Å². The zero-order chi connectivity index (χ0) is 24.2. The number of nitrogens with one attached hydrogen (secondary N) is 1. The molecule has 0 spiro atoms. The Morgan fingerprint density at radius 1 is 1.03 bits per heavy atom. The van der Waals surface area contributed by atoms with Crippen LogP contribution in [-0.4, -0.2) is 69.2 Å². The van der Waals surface area contributed by atoms with Crippen LogP contribution in [0.3, 0.4) is 0 Å². The van der Waals surface area contributed by atoms with Crippen LogP contribution < -0.4 is 24.6 Å². The maximum atomic E-state index is 13.5. The molecule has 2 rings (SSSR count). The second-order valence-electron chi connectivity index (χ2n) is 6.62. The zero-order valence-corrected chi connectivity index (χ0v) is 19.3. The van der Waals surface area contributed by atoms with E-state index in [0.29, 0.717) is 0 Å². The van der Waals surface area contributed by atoms with Crippen LogP contribution in [0, 0.1) is 0 Å². The van der Waals surface area contributed by atoms with E-state index in [1.54, 1.807) is 0 Å². The molecular weight excluding hydrogens is 476 g/mol. The third kappa shape index (κ3) is 5.75. The summed E-state index contributed by atoms with van der Waals surface area (Å²) in [5, 5.41) is 2.52. The number of hydrogen-bond donors (Lipinski definition) is 1. The molecule has 0 saturated heterocycles. The van der Waals surface area contributed by atoms with Crippen LogP contribution in [0.2, 0.25) is 10.0 Å². The van der Waals surface area contributed by atoms with Crippen LogP contribution in [0.5, 0.6) is 11.5 Å². The summed E-state index contributed by atoms with van der Waals surface area (Å²) in [5.41, 5.74) is 0.000175. The van der Waals surface area contributed by atoms with Gasteiger partial charge in [0.1, 0.15) is 39.5 Å². The zero-order valence-electron chi connectivity index (χ0n) is 17.8. The highest BCUT2D eigenvalue weighted by atomic mass is 35.5. The average molecular weight is 497 g/mol. The number of rotatable bonds is 7. The van der Waals surface area contributed by atoms with Gasteiger partial charge in [-0.1, -0.05) is 23.2 Å². The van der Waals surface area contributed by atoms with E-state index in [2.05, 4.69) is 15.3 Å². The lowest BCUT2D eigenvalue weighted by molar-refractivity contribution is -0.133. The molecule has 1 aromatic heterocycles. The van der Waals surface area contributed by atoms with Gasteiger partial charge in [-0.05, 0) is 14.1 Å². The third-order valence-corrected chi connectivity index (χ3v) is 4.85. The number of anilines is 3. The number of methoxy groups -OCH3 is 2.